The topological polar surface area (TPSA) is 128 Å². The summed E-state index contributed by atoms with van der Waals surface area (Å²) in [4.78, 5) is 39.8. The van der Waals surface area contributed by atoms with Crippen molar-refractivity contribution in [2.45, 2.75) is 13.0 Å². The lowest BCUT2D eigenvalue weighted by atomic mass is 10.2. The van der Waals surface area contributed by atoms with E-state index in [1.165, 1.54) is 22.7 Å². The lowest BCUT2D eigenvalue weighted by Gasteiger charge is -2.10. The van der Waals surface area contributed by atoms with Gasteiger partial charge in [-0.3, -0.25) is 14.4 Å². The Labute approximate surface area is 128 Å². The van der Waals surface area contributed by atoms with Gasteiger partial charge in [0.25, 0.3) is 5.91 Å². The number of aromatic nitrogens is 1. The predicted molar refractivity (Wildman–Crippen MR) is 79.8 cm³/mol. The van der Waals surface area contributed by atoms with Gasteiger partial charge in [-0.2, -0.15) is 0 Å². The second-order valence-electron chi connectivity index (χ2n) is 4.12. The number of nitrogens with one attached hydrogen (secondary N) is 1. The number of rotatable bonds is 5. The van der Waals surface area contributed by atoms with Gasteiger partial charge in [-0.05, 0) is 18.4 Å². The van der Waals surface area contributed by atoms with Gasteiger partial charge in [-0.15, -0.1) is 22.7 Å². The maximum atomic E-state index is 12.1. The zero-order valence-corrected chi connectivity index (χ0v) is 12.6. The predicted octanol–water partition coefficient (Wildman–Crippen LogP) is 0.249. The molecule has 110 valence electrons. The molecule has 2 heterocycles. The molecule has 3 amide bonds. The molecule has 5 N–H and O–H groups in total. The first-order chi connectivity index (χ1) is 9.90. The standard InChI is InChI=1S/C12H12N4O3S2/c1-5-8(11(19)16-7(9(13)17)10(14)18)21-12(15-5)6-3-2-4-20-6/h2-4,7H,1H3,(H2,13,17)(H2,14,18)(H,16,19). The quantitative estimate of drug-likeness (QED) is 0.681. The summed E-state index contributed by atoms with van der Waals surface area (Å²) in [6, 6.07) is 2.23. The molecule has 0 spiro atoms. The van der Waals surface area contributed by atoms with E-state index < -0.39 is 23.8 Å². The molecule has 0 aliphatic carbocycles. The molecule has 2 aromatic rings. The number of thiazole rings is 1. The highest BCUT2D eigenvalue weighted by molar-refractivity contribution is 7.22. The van der Waals surface area contributed by atoms with Crippen LogP contribution in [-0.2, 0) is 9.59 Å². The lowest BCUT2D eigenvalue weighted by molar-refractivity contribution is -0.128. The summed E-state index contributed by atoms with van der Waals surface area (Å²) >= 11 is 2.68. The molecule has 0 fully saturated rings. The van der Waals surface area contributed by atoms with Gasteiger partial charge in [-0.25, -0.2) is 4.98 Å². The molecule has 0 saturated heterocycles. The van der Waals surface area contributed by atoms with Crippen LogP contribution in [0.3, 0.4) is 0 Å². The first-order valence-electron chi connectivity index (χ1n) is 5.81. The Balaban J connectivity index is 2.24. The van der Waals surface area contributed by atoms with Crippen LogP contribution in [0.1, 0.15) is 15.4 Å². The summed E-state index contributed by atoms with van der Waals surface area (Å²) in [6.45, 7) is 1.67. The molecular weight excluding hydrogens is 312 g/mol. The molecule has 0 atom stereocenters. The Morgan fingerprint density at radius 3 is 2.48 bits per heavy atom. The Morgan fingerprint density at radius 1 is 1.29 bits per heavy atom. The van der Waals surface area contributed by atoms with Crippen LogP contribution in [0.2, 0.25) is 0 Å². The third-order valence-electron chi connectivity index (χ3n) is 2.58. The summed E-state index contributed by atoms with van der Waals surface area (Å²) in [6.07, 6.45) is 0. The normalized spacial score (nSPS) is 10.6. The highest BCUT2D eigenvalue weighted by atomic mass is 32.1. The minimum absolute atomic E-state index is 0.311. The SMILES string of the molecule is Cc1nc(-c2cccs2)sc1C(=O)NC(C(N)=O)C(N)=O. The van der Waals surface area contributed by atoms with Crippen LogP contribution in [0.15, 0.2) is 17.5 Å². The number of amides is 3. The first kappa shape index (κ1) is 15.1. The minimum Gasteiger partial charge on any atom is -0.367 e. The van der Waals surface area contributed by atoms with E-state index in [0.29, 0.717) is 15.6 Å². The van der Waals surface area contributed by atoms with Gasteiger partial charge in [0.05, 0.1) is 10.6 Å². The fourth-order valence-corrected chi connectivity index (χ4v) is 3.36. The van der Waals surface area contributed by atoms with E-state index in [0.717, 1.165) is 4.88 Å². The molecule has 0 saturated carbocycles. The highest BCUT2D eigenvalue weighted by Crippen LogP contribution is 2.30. The molecule has 0 aliphatic rings. The van der Waals surface area contributed by atoms with E-state index in [-0.39, 0.29) is 0 Å². The third kappa shape index (κ3) is 3.26. The molecule has 9 heteroatoms. The second-order valence-corrected chi connectivity index (χ2v) is 6.07. The Kier molecular flexibility index (Phi) is 4.34. The fraction of sp³-hybridized carbons (Fsp3) is 0.167. The molecule has 21 heavy (non-hydrogen) atoms. The molecular formula is C12H12N4O3S2. The van der Waals surface area contributed by atoms with E-state index in [2.05, 4.69) is 10.3 Å². The van der Waals surface area contributed by atoms with Crippen molar-refractivity contribution in [3.8, 4) is 9.88 Å². The van der Waals surface area contributed by atoms with Crippen LogP contribution in [0.25, 0.3) is 9.88 Å². The van der Waals surface area contributed by atoms with Crippen LogP contribution in [0.5, 0.6) is 0 Å². The van der Waals surface area contributed by atoms with E-state index in [9.17, 15) is 14.4 Å². The van der Waals surface area contributed by atoms with Crippen molar-refractivity contribution in [1.29, 1.82) is 0 Å². The van der Waals surface area contributed by atoms with Gasteiger partial charge in [0, 0.05) is 0 Å². The van der Waals surface area contributed by atoms with E-state index in [1.54, 1.807) is 6.92 Å². The summed E-state index contributed by atoms with van der Waals surface area (Å²) in [5.74, 6) is -2.61. The third-order valence-corrected chi connectivity index (χ3v) is 4.77. The Morgan fingerprint density at radius 2 is 1.95 bits per heavy atom. The number of hydrogen-bond donors (Lipinski definition) is 3. The minimum atomic E-state index is -1.54. The van der Waals surface area contributed by atoms with E-state index >= 15 is 0 Å². The van der Waals surface area contributed by atoms with Gasteiger partial charge >= 0.3 is 0 Å². The van der Waals surface area contributed by atoms with Gasteiger partial charge < -0.3 is 16.8 Å². The number of thiophene rings is 1. The zero-order chi connectivity index (χ0) is 15.6. The number of carbonyl (C=O) groups is 3. The van der Waals surface area contributed by atoms with Crippen LogP contribution >= 0.6 is 22.7 Å². The van der Waals surface area contributed by atoms with Gasteiger partial charge in [0.2, 0.25) is 11.8 Å². The number of primary amides is 2. The number of nitrogens with zero attached hydrogens (tertiary/aromatic N) is 1. The summed E-state index contributed by atoms with van der Waals surface area (Å²) < 4.78 is 0. The van der Waals surface area contributed by atoms with Crippen LogP contribution in [0, 0.1) is 6.92 Å². The smallest absolute Gasteiger partial charge is 0.264 e. The van der Waals surface area contributed by atoms with E-state index in [1.807, 2.05) is 17.5 Å². The molecule has 0 bridgehead atoms. The molecule has 7 nitrogen and oxygen atoms in total. The first-order valence-corrected chi connectivity index (χ1v) is 7.50. The van der Waals surface area contributed by atoms with Gasteiger partial charge in [-0.1, -0.05) is 6.07 Å². The van der Waals surface area contributed by atoms with Gasteiger partial charge in [0.15, 0.2) is 6.04 Å². The van der Waals surface area contributed by atoms with Gasteiger partial charge in [0.1, 0.15) is 9.88 Å². The number of nitrogens with two attached hydrogens (primary N) is 2. The Bertz CT molecular complexity index is 679. The zero-order valence-electron chi connectivity index (χ0n) is 11.0. The molecule has 2 aromatic heterocycles. The maximum absolute atomic E-state index is 12.1. The van der Waals surface area contributed by atoms with Crippen molar-refractivity contribution in [2.75, 3.05) is 0 Å². The average Bonchev–Trinajstić information content (AvgIpc) is 3.03. The lowest BCUT2D eigenvalue weighted by Crippen LogP contribution is -2.52. The highest BCUT2D eigenvalue weighted by Gasteiger charge is 2.26. The molecule has 2 rings (SSSR count). The molecule has 0 unspecified atom stereocenters. The monoisotopic (exact) mass is 324 g/mol. The van der Waals surface area contributed by atoms with Crippen molar-refractivity contribution < 1.29 is 14.4 Å². The molecule has 0 radical (unpaired) electrons. The van der Waals surface area contributed by atoms with Crippen LogP contribution in [0.4, 0.5) is 0 Å². The van der Waals surface area contributed by atoms with Crippen molar-refractivity contribution in [3.05, 3.63) is 28.1 Å². The molecule has 0 aliphatic heterocycles. The number of carbonyl (C=O) groups excluding carboxylic acids is 3. The Hall–Kier alpha value is -2.26. The average molecular weight is 324 g/mol. The summed E-state index contributed by atoms with van der Waals surface area (Å²) in [7, 11) is 0. The maximum Gasteiger partial charge on any atom is 0.264 e. The van der Waals surface area contributed by atoms with Crippen LogP contribution in [-0.4, -0.2) is 28.7 Å². The fourth-order valence-electron chi connectivity index (χ4n) is 1.59. The van der Waals surface area contributed by atoms with E-state index in [4.69, 9.17) is 11.5 Å². The van der Waals surface area contributed by atoms with Crippen molar-refractivity contribution in [2.24, 2.45) is 11.5 Å². The van der Waals surface area contributed by atoms with Crippen LogP contribution < -0.4 is 16.8 Å². The van der Waals surface area contributed by atoms with Crippen molar-refractivity contribution in [1.82, 2.24) is 10.3 Å². The molecule has 0 aromatic carbocycles. The van der Waals surface area contributed by atoms with Crippen molar-refractivity contribution in [3.63, 3.8) is 0 Å². The number of hydrogen-bond acceptors (Lipinski definition) is 6. The second kappa shape index (κ2) is 6.02. The largest absolute Gasteiger partial charge is 0.367 e. The summed E-state index contributed by atoms with van der Waals surface area (Å²) in [5.41, 5.74) is 10.5. The number of aryl methyl sites for hydroxylation is 1. The van der Waals surface area contributed by atoms with Crippen molar-refractivity contribution >= 4 is 40.4 Å². The summed E-state index contributed by atoms with van der Waals surface area (Å²) in [5, 5.41) is 4.82.